The van der Waals surface area contributed by atoms with Crippen LogP contribution in [0, 0.1) is 0 Å². The number of carboxylic acids is 1. The molecule has 1 aromatic carbocycles. The lowest BCUT2D eigenvalue weighted by molar-refractivity contribution is -0.139. The molecular weight excluding hydrogens is 386 g/mol. The van der Waals surface area contributed by atoms with Crippen molar-refractivity contribution in [1.82, 2.24) is 4.90 Å². The topological polar surface area (TPSA) is 83.9 Å². The lowest BCUT2D eigenvalue weighted by Gasteiger charge is -2.08. The predicted molar refractivity (Wildman–Crippen MR) is 90.1 cm³/mol. The first-order valence-electron chi connectivity index (χ1n) is 6.42. The number of hydrogen-bond acceptors (Lipinski definition) is 5. The van der Waals surface area contributed by atoms with E-state index in [1.54, 1.807) is 24.3 Å². The van der Waals surface area contributed by atoms with Crippen molar-refractivity contribution in [1.29, 1.82) is 0 Å². The zero-order valence-electron chi connectivity index (χ0n) is 11.8. The Morgan fingerprint density at radius 2 is 2.17 bits per heavy atom. The summed E-state index contributed by atoms with van der Waals surface area (Å²) in [5.74, 6) is -1.05. The van der Waals surface area contributed by atoms with Crippen LogP contribution in [-0.2, 0) is 9.59 Å². The van der Waals surface area contributed by atoms with Crippen LogP contribution >= 0.6 is 27.7 Å². The lowest BCUT2D eigenvalue weighted by atomic mass is 10.2. The van der Waals surface area contributed by atoms with Gasteiger partial charge >= 0.3 is 5.97 Å². The molecule has 0 spiro atoms. The second-order valence-electron chi connectivity index (χ2n) is 4.45. The van der Waals surface area contributed by atoms with Crippen LogP contribution in [0.25, 0.3) is 6.08 Å². The second kappa shape index (κ2) is 7.47. The number of carbonyl (C=O) groups is 3. The third kappa shape index (κ3) is 4.23. The fraction of sp³-hybridized carbons (Fsp3) is 0.133. The van der Waals surface area contributed by atoms with Crippen molar-refractivity contribution in [3.63, 3.8) is 0 Å². The smallest absolute Gasteiger partial charge is 0.341 e. The van der Waals surface area contributed by atoms with Crippen molar-refractivity contribution in [3.8, 4) is 5.75 Å². The lowest BCUT2D eigenvalue weighted by Crippen LogP contribution is -2.27. The maximum atomic E-state index is 12.1. The molecular formula is C15H12BrNO5S. The number of benzene rings is 1. The highest BCUT2D eigenvalue weighted by Crippen LogP contribution is 2.33. The second-order valence-corrected chi connectivity index (χ2v) is 6.30. The van der Waals surface area contributed by atoms with Crippen molar-refractivity contribution in [2.45, 2.75) is 0 Å². The van der Waals surface area contributed by atoms with Crippen LogP contribution < -0.4 is 4.74 Å². The Hall–Kier alpha value is -2.06. The summed E-state index contributed by atoms with van der Waals surface area (Å²) in [6.07, 6.45) is 3.09. The molecule has 1 N–H and O–H groups in total. The van der Waals surface area contributed by atoms with Gasteiger partial charge in [-0.2, -0.15) is 0 Å². The van der Waals surface area contributed by atoms with Gasteiger partial charge in [-0.3, -0.25) is 14.5 Å². The Balaban J connectivity index is 2.18. The first-order chi connectivity index (χ1) is 10.9. The van der Waals surface area contributed by atoms with Crippen LogP contribution in [-0.4, -0.2) is 40.3 Å². The molecule has 0 aromatic heterocycles. The van der Waals surface area contributed by atoms with E-state index in [1.165, 1.54) is 6.08 Å². The Morgan fingerprint density at radius 1 is 1.43 bits per heavy atom. The Morgan fingerprint density at radius 3 is 2.78 bits per heavy atom. The van der Waals surface area contributed by atoms with Gasteiger partial charge in [0.05, 0.1) is 9.38 Å². The molecule has 1 aromatic rings. The average molecular weight is 398 g/mol. The van der Waals surface area contributed by atoms with Gasteiger partial charge in [0, 0.05) is 6.54 Å². The van der Waals surface area contributed by atoms with E-state index < -0.39 is 12.6 Å². The van der Waals surface area contributed by atoms with E-state index in [2.05, 4.69) is 22.5 Å². The number of thioether (sulfide) groups is 1. The number of carboxylic acid groups (broad SMARTS) is 1. The number of ether oxygens (including phenoxy) is 1. The van der Waals surface area contributed by atoms with Crippen LogP contribution in [0.15, 0.2) is 40.2 Å². The maximum Gasteiger partial charge on any atom is 0.341 e. The molecule has 2 rings (SSSR count). The number of aliphatic carboxylic acids is 1. The van der Waals surface area contributed by atoms with E-state index in [0.717, 1.165) is 16.7 Å². The summed E-state index contributed by atoms with van der Waals surface area (Å²) in [5, 5.41) is 8.27. The number of nitrogens with zero attached hydrogens (tertiary/aromatic N) is 1. The summed E-state index contributed by atoms with van der Waals surface area (Å²) in [5.41, 5.74) is 0.684. The minimum atomic E-state index is -1.07. The number of halogens is 1. The van der Waals surface area contributed by atoms with E-state index in [-0.39, 0.29) is 17.7 Å². The van der Waals surface area contributed by atoms with E-state index in [9.17, 15) is 14.4 Å². The average Bonchev–Trinajstić information content (AvgIpc) is 2.74. The molecule has 0 saturated carbocycles. The zero-order chi connectivity index (χ0) is 17.0. The van der Waals surface area contributed by atoms with E-state index in [0.29, 0.717) is 20.7 Å². The third-order valence-electron chi connectivity index (χ3n) is 2.79. The minimum Gasteiger partial charge on any atom is -0.481 e. The first-order valence-corrected chi connectivity index (χ1v) is 8.03. The molecule has 120 valence electrons. The number of rotatable bonds is 6. The summed E-state index contributed by atoms with van der Waals surface area (Å²) in [6, 6.07) is 4.94. The fourth-order valence-corrected chi connectivity index (χ4v) is 3.16. The molecule has 1 fully saturated rings. The first kappa shape index (κ1) is 17.3. The number of imide groups is 1. The van der Waals surface area contributed by atoms with E-state index >= 15 is 0 Å². The molecule has 0 aliphatic carbocycles. The van der Waals surface area contributed by atoms with Gasteiger partial charge in [-0.1, -0.05) is 12.1 Å². The quantitative estimate of drug-likeness (QED) is 0.586. The molecule has 0 atom stereocenters. The summed E-state index contributed by atoms with van der Waals surface area (Å²) in [7, 11) is 0. The van der Waals surface area contributed by atoms with Crippen LogP contribution in [0.4, 0.5) is 4.79 Å². The molecule has 1 saturated heterocycles. The summed E-state index contributed by atoms with van der Waals surface area (Å²) in [6.45, 7) is 3.24. The van der Waals surface area contributed by atoms with Gasteiger partial charge in [-0.25, -0.2) is 4.79 Å². The monoisotopic (exact) mass is 397 g/mol. The van der Waals surface area contributed by atoms with Gasteiger partial charge in [0.15, 0.2) is 6.61 Å². The molecule has 0 unspecified atom stereocenters. The molecule has 2 amide bonds. The van der Waals surface area contributed by atoms with Crippen molar-refractivity contribution in [2.75, 3.05) is 13.2 Å². The normalized spacial score (nSPS) is 16.0. The maximum absolute atomic E-state index is 12.1. The van der Waals surface area contributed by atoms with Crippen molar-refractivity contribution < 1.29 is 24.2 Å². The van der Waals surface area contributed by atoms with Gasteiger partial charge in [-0.15, -0.1) is 6.58 Å². The number of amides is 2. The largest absolute Gasteiger partial charge is 0.481 e. The molecule has 6 nitrogen and oxygen atoms in total. The highest BCUT2D eigenvalue weighted by molar-refractivity contribution is 9.10. The predicted octanol–water partition coefficient (Wildman–Crippen LogP) is 3.13. The highest BCUT2D eigenvalue weighted by Gasteiger charge is 2.33. The summed E-state index contributed by atoms with van der Waals surface area (Å²) in [4.78, 5) is 35.8. The van der Waals surface area contributed by atoms with E-state index in [1.807, 2.05) is 0 Å². The molecule has 0 radical (unpaired) electrons. The van der Waals surface area contributed by atoms with Gasteiger partial charge < -0.3 is 9.84 Å². The Bertz CT molecular complexity index is 716. The highest BCUT2D eigenvalue weighted by atomic mass is 79.9. The summed E-state index contributed by atoms with van der Waals surface area (Å²) < 4.78 is 5.65. The molecule has 8 heteroatoms. The van der Waals surface area contributed by atoms with Crippen molar-refractivity contribution in [3.05, 3.63) is 45.8 Å². The molecule has 23 heavy (non-hydrogen) atoms. The SMILES string of the molecule is C=CCN1C(=O)S/C(=C/c2ccc(OCC(=O)O)c(Br)c2)C1=O. The Labute approximate surface area is 144 Å². The van der Waals surface area contributed by atoms with Gasteiger partial charge in [0.1, 0.15) is 5.75 Å². The van der Waals surface area contributed by atoms with Gasteiger partial charge in [0.25, 0.3) is 11.1 Å². The molecule has 1 aliphatic heterocycles. The van der Waals surface area contributed by atoms with Crippen LogP contribution in [0.2, 0.25) is 0 Å². The van der Waals surface area contributed by atoms with Crippen molar-refractivity contribution >= 4 is 50.9 Å². The molecule has 1 heterocycles. The number of carbonyl (C=O) groups excluding carboxylic acids is 2. The van der Waals surface area contributed by atoms with E-state index in [4.69, 9.17) is 9.84 Å². The van der Waals surface area contributed by atoms with Crippen molar-refractivity contribution in [2.24, 2.45) is 0 Å². The summed E-state index contributed by atoms with van der Waals surface area (Å²) >= 11 is 4.15. The minimum absolute atomic E-state index is 0.174. The molecule has 0 bridgehead atoms. The molecule has 1 aliphatic rings. The van der Waals surface area contributed by atoms with Crippen LogP contribution in [0.5, 0.6) is 5.75 Å². The van der Waals surface area contributed by atoms with Gasteiger partial charge in [0.2, 0.25) is 0 Å². The number of hydrogen-bond donors (Lipinski definition) is 1. The van der Waals surface area contributed by atoms with Crippen LogP contribution in [0.3, 0.4) is 0 Å². The zero-order valence-corrected chi connectivity index (χ0v) is 14.2. The standard InChI is InChI=1S/C15H12BrNO5S/c1-2-5-17-14(20)12(23-15(17)21)7-9-3-4-11(10(16)6-9)22-8-13(18)19/h2-4,6-7H,1,5,8H2,(H,18,19)/b12-7+. The van der Waals surface area contributed by atoms with Crippen LogP contribution in [0.1, 0.15) is 5.56 Å². The fourth-order valence-electron chi connectivity index (χ4n) is 1.80. The van der Waals surface area contributed by atoms with Gasteiger partial charge in [-0.05, 0) is 51.5 Å². The third-order valence-corrected chi connectivity index (χ3v) is 4.32. The Kier molecular flexibility index (Phi) is 5.62.